The summed E-state index contributed by atoms with van der Waals surface area (Å²) in [5.41, 5.74) is 8.38. The zero-order valence-electron chi connectivity index (χ0n) is 4.09. The number of nitrogens with two attached hydrogens (primary N) is 1. The van der Waals surface area contributed by atoms with Gasteiger partial charge in [0.2, 0.25) is 0 Å². The van der Waals surface area contributed by atoms with Gasteiger partial charge >= 0.3 is 0 Å². The molecular formula is C2H8N4O. The molecule has 42 valence electrons. The van der Waals surface area contributed by atoms with Crippen molar-refractivity contribution in [3.63, 3.8) is 0 Å². The van der Waals surface area contributed by atoms with Crippen molar-refractivity contribution < 1.29 is 5.12 Å². The van der Waals surface area contributed by atoms with E-state index in [1.54, 1.807) is 0 Å². The Bertz CT molecular complexity index is 55.7. The molecule has 0 aromatic rings. The van der Waals surface area contributed by atoms with E-state index in [4.69, 9.17) is 5.73 Å². The highest BCUT2D eigenvalue weighted by Crippen LogP contribution is 1.54. The number of nitrogens with zero attached hydrogens (tertiary/aromatic N) is 2. The summed E-state index contributed by atoms with van der Waals surface area (Å²) in [5, 5.41) is 2.69. The quantitative estimate of drug-likeness (QED) is 0.334. The van der Waals surface area contributed by atoms with Crippen LogP contribution in [-0.4, -0.2) is 13.7 Å². The molecule has 0 saturated heterocycles. The highest BCUT2D eigenvalue weighted by atomic mass is 16.3. The fourth-order valence-electron chi connectivity index (χ4n) is 0.161. The van der Waals surface area contributed by atoms with Crippen LogP contribution in [-0.2, 0) is 0 Å². The van der Waals surface area contributed by atoms with Crippen LogP contribution in [0.15, 0.2) is 5.29 Å². The lowest BCUT2D eigenvalue weighted by molar-refractivity contribution is -0.850. The van der Waals surface area contributed by atoms with Crippen LogP contribution in [0.25, 0.3) is 5.43 Å². The number of nitrogens with one attached hydrogen (secondary N) is 1. The van der Waals surface area contributed by atoms with Crippen molar-refractivity contribution in [1.82, 2.24) is 0 Å². The lowest BCUT2D eigenvalue weighted by atomic mass is 11.2. The third kappa shape index (κ3) is 3.31. The summed E-state index contributed by atoms with van der Waals surface area (Å²) in [6.07, 6.45) is 0. The van der Waals surface area contributed by atoms with Gasteiger partial charge in [-0.1, -0.05) is 11.6 Å². The Morgan fingerprint density at radius 1 is 2.00 bits per heavy atom. The summed E-state index contributed by atoms with van der Waals surface area (Å²) in [7, 11) is 1.50. The Balaban J connectivity index is 2.98. The average molecular weight is 104 g/mol. The van der Waals surface area contributed by atoms with Crippen LogP contribution in [0.2, 0.25) is 0 Å². The largest absolute Gasteiger partial charge is 0.410 e. The van der Waals surface area contributed by atoms with E-state index >= 15 is 0 Å². The van der Waals surface area contributed by atoms with Crippen molar-refractivity contribution in [1.29, 1.82) is 0 Å². The predicted octanol–water partition coefficient (Wildman–Crippen LogP) is -1.61. The molecule has 0 aliphatic carbocycles. The van der Waals surface area contributed by atoms with Crippen LogP contribution in [0, 0.1) is 4.91 Å². The van der Waals surface area contributed by atoms with Crippen molar-refractivity contribution in [3.05, 3.63) is 10.3 Å². The molecule has 0 heterocycles. The fourth-order valence-corrected chi connectivity index (χ4v) is 0.161. The molecule has 0 spiro atoms. The first-order chi connectivity index (χ1) is 3.31. The first-order valence-corrected chi connectivity index (χ1v) is 1.85. The second-order valence-electron chi connectivity index (χ2n) is 0.979. The van der Waals surface area contributed by atoms with Gasteiger partial charge in [0.15, 0.2) is 0 Å². The minimum absolute atomic E-state index is 0.136. The number of nitroso groups, excluding NO2 is 1. The molecule has 5 nitrogen and oxygen atoms in total. The van der Waals surface area contributed by atoms with Gasteiger partial charge in [-0.15, -0.1) is 0 Å². The molecule has 0 rings (SSSR count). The molecular weight excluding hydrogens is 96.0 g/mol. The molecule has 0 amide bonds. The Hall–Kier alpha value is -0.520. The van der Waals surface area contributed by atoms with Crippen LogP contribution in [0.3, 0.4) is 0 Å². The first-order valence-electron chi connectivity index (χ1n) is 1.85. The van der Waals surface area contributed by atoms with Gasteiger partial charge in [0.05, 0.1) is 7.05 Å². The van der Waals surface area contributed by atoms with Gasteiger partial charge in [-0.25, -0.2) is 5.12 Å². The average Bonchev–Trinajstić information content (AvgIpc) is 1.68. The van der Waals surface area contributed by atoms with Crippen molar-refractivity contribution in [2.45, 2.75) is 0 Å². The number of hydrogen-bond acceptors (Lipinski definition) is 3. The zero-order valence-corrected chi connectivity index (χ0v) is 4.09. The van der Waals surface area contributed by atoms with E-state index in [2.05, 4.69) is 10.7 Å². The molecule has 3 N–H and O–H groups in total. The van der Waals surface area contributed by atoms with Gasteiger partial charge in [0.1, 0.15) is 5.29 Å². The van der Waals surface area contributed by atoms with E-state index in [0.29, 0.717) is 0 Å². The predicted molar refractivity (Wildman–Crippen MR) is 25.1 cm³/mol. The summed E-state index contributed by atoms with van der Waals surface area (Å²) in [4.78, 5) is 9.46. The van der Waals surface area contributed by atoms with Gasteiger partial charge in [-0.2, -0.15) is 0 Å². The smallest absolute Gasteiger partial charge is 0.140 e. The molecule has 0 saturated carbocycles. The standard InChI is InChI=1S/C2H8N4O/c1-6(5-7)4-2-3/h6H,2-3H2,1H3. The number of hydrogen-bond donors (Lipinski definition) is 2. The molecule has 0 aliphatic rings. The van der Waals surface area contributed by atoms with Gasteiger partial charge in [0.25, 0.3) is 0 Å². The van der Waals surface area contributed by atoms with Crippen LogP contribution in [0.5, 0.6) is 0 Å². The first kappa shape index (κ1) is 6.48. The van der Waals surface area contributed by atoms with E-state index in [0.717, 1.165) is 0 Å². The van der Waals surface area contributed by atoms with E-state index < -0.39 is 0 Å². The van der Waals surface area contributed by atoms with Crippen LogP contribution < -0.4 is 10.9 Å². The molecule has 0 aromatic carbocycles. The number of rotatable bonds is 3. The molecule has 5 heteroatoms. The Morgan fingerprint density at radius 2 is 2.57 bits per heavy atom. The summed E-state index contributed by atoms with van der Waals surface area (Å²) >= 11 is 0. The Labute approximate surface area is 41.4 Å². The van der Waals surface area contributed by atoms with E-state index in [1.807, 2.05) is 0 Å². The highest BCUT2D eigenvalue weighted by molar-refractivity contribution is 4.47. The molecule has 1 unspecified atom stereocenters. The van der Waals surface area contributed by atoms with Crippen LogP contribution in [0.1, 0.15) is 0 Å². The molecule has 0 aromatic heterocycles. The van der Waals surface area contributed by atoms with E-state index in [-0.39, 0.29) is 11.8 Å². The monoisotopic (exact) mass is 104 g/mol. The Morgan fingerprint density at radius 3 is 2.71 bits per heavy atom. The second-order valence-corrected chi connectivity index (χ2v) is 0.979. The molecule has 0 bridgehead atoms. The van der Waals surface area contributed by atoms with Gasteiger partial charge in [-0.05, 0) is 0 Å². The zero-order chi connectivity index (χ0) is 5.70. The second kappa shape index (κ2) is 3.66. The van der Waals surface area contributed by atoms with Crippen molar-refractivity contribution in [2.24, 2.45) is 11.0 Å². The third-order valence-electron chi connectivity index (χ3n) is 0.452. The molecule has 0 fully saturated rings. The van der Waals surface area contributed by atoms with E-state index in [9.17, 15) is 4.91 Å². The molecule has 7 heavy (non-hydrogen) atoms. The number of quaternary nitrogens is 1. The van der Waals surface area contributed by atoms with Gasteiger partial charge in [-0.3, -0.25) is 0 Å². The molecule has 0 radical (unpaired) electrons. The molecule has 0 aliphatic heterocycles. The minimum atomic E-state index is 0.136. The topological polar surface area (TPSA) is 74.0 Å². The van der Waals surface area contributed by atoms with Crippen LogP contribution >= 0.6 is 0 Å². The van der Waals surface area contributed by atoms with Gasteiger partial charge < -0.3 is 11.2 Å². The normalized spacial score (nSPS) is 13.4. The van der Waals surface area contributed by atoms with Crippen molar-refractivity contribution >= 4 is 0 Å². The molecule has 1 atom stereocenters. The van der Waals surface area contributed by atoms with Crippen molar-refractivity contribution in [2.75, 3.05) is 13.7 Å². The summed E-state index contributed by atoms with van der Waals surface area (Å²) in [6, 6.07) is 0. The van der Waals surface area contributed by atoms with E-state index in [1.165, 1.54) is 7.05 Å². The summed E-state index contributed by atoms with van der Waals surface area (Å²) in [6.45, 7) is 0.136. The maximum atomic E-state index is 9.46. The van der Waals surface area contributed by atoms with Crippen LogP contribution in [0.4, 0.5) is 0 Å². The maximum Gasteiger partial charge on any atom is 0.140 e. The maximum absolute atomic E-state index is 9.46. The minimum Gasteiger partial charge on any atom is -0.410 e. The highest BCUT2D eigenvalue weighted by Gasteiger charge is 1.78. The third-order valence-corrected chi connectivity index (χ3v) is 0.452. The fraction of sp³-hybridized carbons (Fsp3) is 1.00. The summed E-state index contributed by atoms with van der Waals surface area (Å²) in [5.74, 6) is 0. The lowest BCUT2D eigenvalue weighted by Crippen LogP contribution is -2.99. The Kier molecular flexibility index (Phi) is 3.39. The lowest BCUT2D eigenvalue weighted by Gasteiger charge is -2.13. The van der Waals surface area contributed by atoms with Crippen molar-refractivity contribution in [3.8, 4) is 0 Å². The summed E-state index contributed by atoms with van der Waals surface area (Å²) < 4.78 is 0. The SMILES string of the molecule is C[NH+](N=O)[N-]CN. The van der Waals surface area contributed by atoms with Gasteiger partial charge in [0, 0.05) is 0 Å².